The van der Waals surface area contributed by atoms with E-state index in [4.69, 9.17) is 0 Å². The monoisotopic (exact) mass is 323 g/mol. The van der Waals surface area contributed by atoms with E-state index in [1.54, 1.807) is 0 Å². The van der Waals surface area contributed by atoms with Crippen LogP contribution in [0.25, 0.3) is 22.3 Å². The highest BCUT2D eigenvalue weighted by Crippen LogP contribution is 2.35. The molecule has 0 unspecified atom stereocenters. The molecule has 0 amide bonds. The Kier molecular flexibility index (Phi) is 4.01. The predicted octanol–water partition coefficient (Wildman–Crippen LogP) is 5.58. The van der Waals surface area contributed by atoms with E-state index >= 15 is 0 Å². The highest BCUT2D eigenvalue weighted by molar-refractivity contribution is 6.13. The molecule has 0 bridgehead atoms. The van der Waals surface area contributed by atoms with E-state index in [1.165, 1.54) is 0 Å². The standard InChI is InChI=1S/C23H17NO/c25-23(19-14-8-3-9-15-19)22-21(18-12-6-2-7-13-18)20(16-24-22)17-10-4-1-5-11-17/h1-16,24H. The topological polar surface area (TPSA) is 32.9 Å². The summed E-state index contributed by atoms with van der Waals surface area (Å²) >= 11 is 0. The second-order valence-corrected chi connectivity index (χ2v) is 5.88. The van der Waals surface area contributed by atoms with Crippen molar-refractivity contribution in [1.29, 1.82) is 0 Å². The Morgan fingerprint density at radius 3 is 1.76 bits per heavy atom. The first kappa shape index (κ1) is 15.2. The predicted molar refractivity (Wildman–Crippen MR) is 102 cm³/mol. The fourth-order valence-corrected chi connectivity index (χ4v) is 3.09. The number of carbonyl (C=O) groups excluding carboxylic acids is 1. The van der Waals surface area contributed by atoms with Crippen LogP contribution < -0.4 is 0 Å². The average molecular weight is 323 g/mol. The number of benzene rings is 3. The molecule has 0 aliphatic rings. The van der Waals surface area contributed by atoms with Crippen LogP contribution in [-0.2, 0) is 0 Å². The summed E-state index contributed by atoms with van der Waals surface area (Å²) in [5.74, 6) is 0.00151. The molecular formula is C23H17NO. The third-order valence-corrected chi connectivity index (χ3v) is 4.29. The van der Waals surface area contributed by atoms with Crippen LogP contribution in [0.3, 0.4) is 0 Å². The van der Waals surface area contributed by atoms with Gasteiger partial charge >= 0.3 is 0 Å². The van der Waals surface area contributed by atoms with Crippen LogP contribution in [0.15, 0.2) is 97.2 Å². The van der Waals surface area contributed by atoms with Crippen LogP contribution in [0, 0.1) is 0 Å². The lowest BCUT2D eigenvalue weighted by Gasteiger charge is -2.08. The van der Waals surface area contributed by atoms with Gasteiger partial charge in [0.1, 0.15) is 0 Å². The molecule has 0 aliphatic heterocycles. The molecule has 1 aromatic heterocycles. The minimum Gasteiger partial charge on any atom is -0.357 e. The van der Waals surface area contributed by atoms with Crippen molar-refractivity contribution in [2.24, 2.45) is 0 Å². The number of H-pyrrole nitrogens is 1. The molecule has 4 aromatic rings. The van der Waals surface area contributed by atoms with Gasteiger partial charge in [-0.25, -0.2) is 0 Å². The van der Waals surface area contributed by atoms with Crippen molar-refractivity contribution in [2.45, 2.75) is 0 Å². The molecule has 1 N–H and O–H groups in total. The van der Waals surface area contributed by atoms with Crippen molar-refractivity contribution < 1.29 is 4.79 Å². The van der Waals surface area contributed by atoms with Gasteiger partial charge in [-0.1, -0.05) is 91.0 Å². The third-order valence-electron chi connectivity index (χ3n) is 4.29. The summed E-state index contributed by atoms with van der Waals surface area (Å²) in [4.78, 5) is 16.3. The Bertz CT molecular complexity index is 986. The lowest BCUT2D eigenvalue weighted by atomic mass is 9.94. The third kappa shape index (κ3) is 2.90. The van der Waals surface area contributed by atoms with Crippen molar-refractivity contribution in [3.8, 4) is 22.3 Å². The highest BCUT2D eigenvalue weighted by atomic mass is 16.1. The minimum atomic E-state index is 0.00151. The molecular weight excluding hydrogens is 306 g/mol. The molecule has 120 valence electrons. The van der Waals surface area contributed by atoms with Crippen molar-refractivity contribution >= 4 is 5.78 Å². The Morgan fingerprint density at radius 1 is 0.640 bits per heavy atom. The van der Waals surface area contributed by atoms with Crippen molar-refractivity contribution in [2.75, 3.05) is 0 Å². The Balaban J connectivity index is 1.91. The van der Waals surface area contributed by atoms with E-state index in [1.807, 2.05) is 85.1 Å². The number of carbonyl (C=O) groups is 1. The van der Waals surface area contributed by atoms with Crippen LogP contribution in [0.1, 0.15) is 16.1 Å². The number of rotatable bonds is 4. The summed E-state index contributed by atoms with van der Waals surface area (Å²) in [5, 5.41) is 0. The molecule has 0 saturated heterocycles. The molecule has 1 heterocycles. The number of aromatic amines is 1. The van der Waals surface area contributed by atoms with Crippen molar-refractivity contribution in [3.63, 3.8) is 0 Å². The minimum absolute atomic E-state index is 0.00151. The molecule has 2 nitrogen and oxygen atoms in total. The lowest BCUT2D eigenvalue weighted by molar-refractivity contribution is 0.103. The fourth-order valence-electron chi connectivity index (χ4n) is 3.09. The summed E-state index contributed by atoms with van der Waals surface area (Å²) in [6.07, 6.45) is 1.92. The van der Waals surface area contributed by atoms with Gasteiger partial charge in [-0.2, -0.15) is 0 Å². The van der Waals surface area contributed by atoms with Gasteiger partial charge in [-0.3, -0.25) is 4.79 Å². The first-order valence-electron chi connectivity index (χ1n) is 8.26. The number of hydrogen-bond acceptors (Lipinski definition) is 1. The lowest BCUT2D eigenvalue weighted by Crippen LogP contribution is -2.03. The van der Waals surface area contributed by atoms with Gasteiger partial charge in [-0.15, -0.1) is 0 Å². The molecule has 0 fully saturated rings. The number of ketones is 1. The fraction of sp³-hybridized carbons (Fsp3) is 0. The van der Waals surface area contributed by atoms with E-state index in [9.17, 15) is 4.79 Å². The quantitative estimate of drug-likeness (QED) is 0.489. The van der Waals surface area contributed by atoms with Gasteiger partial charge < -0.3 is 4.98 Å². The Morgan fingerprint density at radius 2 is 1.16 bits per heavy atom. The van der Waals surface area contributed by atoms with Gasteiger partial charge in [0.15, 0.2) is 0 Å². The molecule has 0 atom stereocenters. The van der Waals surface area contributed by atoms with E-state index in [0.717, 1.165) is 22.3 Å². The molecule has 2 heteroatoms. The second kappa shape index (κ2) is 6.62. The van der Waals surface area contributed by atoms with Gasteiger partial charge in [0.25, 0.3) is 0 Å². The summed E-state index contributed by atoms with van der Waals surface area (Å²) in [6.45, 7) is 0. The van der Waals surface area contributed by atoms with Crippen LogP contribution in [0.4, 0.5) is 0 Å². The van der Waals surface area contributed by atoms with E-state index in [2.05, 4.69) is 17.1 Å². The summed E-state index contributed by atoms with van der Waals surface area (Å²) < 4.78 is 0. The van der Waals surface area contributed by atoms with Crippen molar-refractivity contribution in [1.82, 2.24) is 4.98 Å². The van der Waals surface area contributed by atoms with Crippen LogP contribution >= 0.6 is 0 Å². The van der Waals surface area contributed by atoms with Crippen LogP contribution in [0.2, 0.25) is 0 Å². The average Bonchev–Trinajstić information content (AvgIpc) is 3.14. The maximum atomic E-state index is 13.1. The molecule has 4 rings (SSSR count). The van der Waals surface area contributed by atoms with E-state index in [0.29, 0.717) is 11.3 Å². The maximum Gasteiger partial charge on any atom is 0.209 e. The molecule has 0 spiro atoms. The van der Waals surface area contributed by atoms with Gasteiger partial charge in [0, 0.05) is 22.9 Å². The smallest absolute Gasteiger partial charge is 0.209 e. The SMILES string of the molecule is O=C(c1ccccc1)c1[nH]cc(-c2ccccc2)c1-c1ccccc1. The van der Waals surface area contributed by atoms with E-state index in [-0.39, 0.29) is 5.78 Å². The molecule has 0 radical (unpaired) electrons. The van der Waals surface area contributed by atoms with Crippen molar-refractivity contribution in [3.05, 3.63) is 108 Å². The first-order valence-corrected chi connectivity index (χ1v) is 8.26. The van der Waals surface area contributed by atoms with Gasteiger partial charge in [0.2, 0.25) is 5.78 Å². The number of aromatic nitrogens is 1. The molecule has 0 saturated carbocycles. The Hall–Kier alpha value is -3.39. The van der Waals surface area contributed by atoms with E-state index < -0.39 is 0 Å². The summed E-state index contributed by atoms with van der Waals surface area (Å²) in [5.41, 5.74) is 5.40. The summed E-state index contributed by atoms with van der Waals surface area (Å²) in [6, 6.07) is 29.6. The maximum absolute atomic E-state index is 13.1. The summed E-state index contributed by atoms with van der Waals surface area (Å²) in [7, 11) is 0. The Labute approximate surface area is 146 Å². The van der Waals surface area contributed by atoms with Gasteiger partial charge in [0.05, 0.1) is 5.69 Å². The van der Waals surface area contributed by atoms with Crippen LogP contribution in [0.5, 0.6) is 0 Å². The zero-order valence-electron chi connectivity index (χ0n) is 13.6. The number of hydrogen-bond donors (Lipinski definition) is 1. The molecule has 3 aromatic carbocycles. The highest BCUT2D eigenvalue weighted by Gasteiger charge is 2.20. The molecule has 25 heavy (non-hydrogen) atoms. The number of nitrogens with one attached hydrogen (secondary N) is 1. The molecule has 0 aliphatic carbocycles. The zero-order chi connectivity index (χ0) is 17.1. The zero-order valence-corrected chi connectivity index (χ0v) is 13.6. The van der Waals surface area contributed by atoms with Crippen LogP contribution in [-0.4, -0.2) is 10.8 Å². The van der Waals surface area contributed by atoms with Gasteiger partial charge in [-0.05, 0) is 11.1 Å². The first-order chi connectivity index (χ1) is 12.3. The second-order valence-electron chi connectivity index (χ2n) is 5.88. The normalized spacial score (nSPS) is 10.6. The largest absolute Gasteiger partial charge is 0.357 e.